The van der Waals surface area contributed by atoms with Gasteiger partial charge >= 0.3 is 0 Å². The van der Waals surface area contributed by atoms with E-state index in [2.05, 4.69) is 175 Å². The van der Waals surface area contributed by atoms with Gasteiger partial charge in [-0.25, -0.2) is 0 Å². The molecule has 0 unspecified atom stereocenters. The van der Waals surface area contributed by atoms with Crippen LogP contribution in [0.2, 0.25) is 0 Å². The second-order valence-corrected chi connectivity index (χ2v) is 15.0. The smallest absolute Gasteiger partial charge is 0.159 e. The molecule has 0 N–H and O–H groups in total. The highest BCUT2D eigenvalue weighted by molar-refractivity contribution is 7.26. The molecule has 1 aliphatic carbocycles. The van der Waals surface area contributed by atoms with E-state index >= 15 is 0 Å². The summed E-state index contributed by atoms with van der Waals surface area (Å²) < 4.78 is 15.8. The molecule has 1 spiro atoms. The predicted octanol–water partition coefficient (Wildman–Crippen LogP) is 13.9. The van der Waals surface area contributed by atoms with Gasteiger partial charge in [-0.2, -0.15) is 0 Å². The number of para-hydroxylation sites is 5. The maximum atomic E-state index is 6.66. The number of thiophene rings is 1. The van der Waals surface area contributed by atoms with E-state index in [0.29, 0.717) is 0 Å². The van der Waals surface area contributed by atoms with Gasteiger partial charge in [-0.15, -0.1) is 11.3 Å². The molecule has 10 aromatic rings. The Morgan fingerprint density at radius 3 is 1.94 bits per heavy atom. The molecule has 0 amide bonds. The summed E-state index contributed by atoms with van der Waals surface area (Å²) in [7, 11) is 0. The largest absolute Gasteiger partial charge is 0.457 e. The molecule has 53 heavy (non-hydrogen) atoms. The number of furan rings is 1. The fourth-order valence-corrected chi connectivity index (χ4v) is 10.4. The first-order valence-corrected chi connectivity index (χ1v) is 18.8. The summed E-state index contributed by atoms with van der Waals surface area (Å²) >= 11 is 1.86. The van der Waals surface area contributed by atoms with Crippen LogP contribution in [0.5, 0.6) is 11.5 Å². The van der Waals surface area contributed by atoms with Crippen LogP contribution >= 0.6 is 11.3 Å². The van der Waals surface area contributed by atoms with Gasteiger partial charge in [0.15, 0.2) is 5.58 Å². The SMILES string of the molecule is c1ccc(N(c2cccc3c2oc2ccccc23)c2cccc3sc4cc5c(cc4c23)-c2ccccc2C52c3ccccc3Oc3ccccc32)cc1. The molecular formula is C49H29NO2S. The monoisotopic (exact) mass is 695 g/mol. The topological polar surface area (TPSA) is 25.6 Å². The van der Waals surface area contributed by atoms with Crippen LogP contribution in [0.25, 0.3) is 53.2 Å². The van der Waals surface area contributed by atoms with Gasteiger partial charge in [0.05, 0.1) is 16.8 Å². The molecule has 3 heterocycles. The zero-order chi connectivity index (χ0) is 34.7. The van der Waals surface area contributed by atoms with Gasteiger partial charge in [0, 0.05) is 47.8 Å². The van der Waals surface area contributed by atoms with Crippen LogP contribution in [0.1, 0.15) is 22.3 Å². The Kier molecular flexibility index (Phi) is 5.86. The van der Waals surface area contributed by atoms with E-state index in [9.17, 15) is 0 Å². The molecule has 2 aliphatic rings. The third-order valence-corrected chi connectivity index (χ3v) is 12.4. The molecule has 0 bridgehead atoms. The number of fused-ring (bicyclic) bond motifs is 15. The molecule has 8 aromatic carbocycles. The highest BCUT2D eigenvalue weighted by atomic mass is 32.1. The minimum absolute atomic E-state index is 0.502. The van der Waals surface area contributed by atoms with Gasteiger partial charge in [-0.1, -0.05) is 115 Å². The van der Waals surface area contributed by atoms with Crippen molar-refractivity contribution in [2.45, 2.75) is 5.41 Å². The van der Waals surface area contributed by atoms with Crippen LogP contribution in [-0.2, 0) is 5.41 Å². The summed E-state index contributed by atoms with van der Waals surface area (Å²) in [5.74, 6) is 1.82. The van der Waals surface area contributed by atoms with Crippen LogP contribution in [0.15, 0.2) is 180 Å². The lowest BCUT2D eigenvalue weighted by molar-refractivity contribution is 0.436. The molecule has 248 valence electrons. The molecule has 2 aromatic heterocycles. The highest BCUT2D eigenvalue weighted by Gasteiger charge is 2.51. The molecule has 0 atom stereocenters. The van der Waals surface area contributed by atoms with Crippen molar-refractivity contribution in [1.82, 2.24) is 0 Å². The molecule has 0 saturated carbocycles. The van der Waals surface area contributed by atoms with Crippen molar-refractivity contribution in [2.75, 3.05) is 4.90 Å². The maximum absolute atomic E-state index is 6.66. The minimum Gasteiger partial charge on any atom is -0.457 e. The minimum atomic E-state index is -0.502. The predicted molar refractivity (Wildman–Crippen MR) is 219 cm³/mol. The zero-order valence-electron chi connectivity index (χ0n) is 28.4. The average molecular weight is 696 g/mol. The van der Waals surface area contributed by atoms with Gasteiger partial charge in [-0.3, -0.25) is 0 Å². The second-order valence-electron chi connectivity index (χ2n) is 14.0. The van der Waals surface area contributed by atoms with Gasteiger partial charge in [0.1, 0.15) is 17.1 Å². The summed E-state index contributed by atoms with van der Waals surface area (Å²) in [6.07, 6.45) is 0. The molecule has 0 radical (unpaired) electrons. The van der Waals surface area contributed by atoms with Crippen LogP contribution < -0.4 is 9.64 Å². The number of hydrogen-bond acceptors (Lipinski definition) is 4. The lowest BCUT2D eigenvalue weighted by Crippen LogP contribution is -2.32. The fraction of sp³-hybridized carbons (Fsp3) is 0.0204. The van der Waals surface area contributed by atoms with Gasteiger partial charge in [0.25, 0.3) is 0 Å². The van der Waals surface area contributed by atoms with E-state index < -0.39 is 5.41 Å². The van der Waals surface area contributed by atoms with Crippen LogP contribution in [0.4, 0.5) is 17.1 Å². The summed E-state index contributed by atoms with van der Waals surface area (Å²) in [5, 5.41) is 4.71. The Labute approximate surface area is 309 Å². The number of ether oxygens (including phenoxy) is 1. The van der Waals surface area contributed by atoms with Gasteiger partial charge in [-0.05, 0) is 82.9 Å². The Bertz CT molecular complexity index is 3070. The Morgan fingerprint density at radius 2 is 1.11 bits per heavy atom. The highest BCUT2D eigenvalue weighted by Crippen LogP contribution is 2.63. The van der Waals surface area contributed by atoms with Crippen molar-refractivity contribution in [1.29, 1.82) is 0 Å². The summed E-state index contributed by atoms with van der Waals surface area (Å²) in [6.45, 7) is 0. The molecule has 3 nitrogen and oxygen atoms in total. The van der Waals surface area contributed by atoms with Crippen LogP contribution in [0.3, 0.4) is 0 Å². The first-order valence-electron chi connectivity index (χ1n) is 18.0. The van der Waals surface area contributed by atoms with E-state index in [0.717, 1.165) is 50.5 Å². The van der Waals surface area contributed by atoms with Crippen molar-refractivity contribution in [3.63, 3.8) is 0 Å². The lowest BCUT2D eigenvalue weighted by atomic mass is 9.66. The maximum Gasteiger partial charge on any atom is 0.159 e. The first kappa shape index (κ1) is 29.0. The number of rotatable bonds is 3. The van der Waals surface area contributed by atoms with E-state index in [4.69, 9.17) is 9.15 Å². The first-order chi connectivity index (χ1) is 26.3. The fourth-order valence-electron chi connectivity index (χ4n) is 9.23. The van der Waals surface area contributed by atoms with Crippen LogP contribution in [0, 0.1) is 0 Å². The summed E-state index contributed by atoms with van der Waals surface area (Å²) in [5.41, 5.74) is 12.0. The third kappa shape index (κ3) is 3.83. The lowest BCUT2D eigenvalue weighted by Gasteiger charge is -2.39. The molecule has 12 rings (SSSR count). The van der Waals surface area contributed by atoms with Crippen molar-refractivity contribution < 1.29 is 9.15 Å². The standard InChI is InChI=1S/C49H29NO2S/c1-2-14-30(15-3-1)50(41-23-12-18-33-32-17-5-9-24-42(32)52-48(33)41)40-22-13-27-45-47(40)35-28-34-31-16-4-6-19-36(31)49(39(34)29-46(35)53-45)37-20-7-10-25-43(37)51-44-26-11-8-21-38(44)49/h1-29H. The van der Waals surface area contributed by atoms with Gasteiger partial charge in [0.2, 0.25) is 0 Å². The average Bonchev–Trinajstić information content (AvgIpc) is 3.87. The molecule has 1 aliphatic heterocycles. The van der Waals surface area contributed by atoms with E-state index in [1.165, 1.54) is 53.6 Å². The van der Waals surface area contributed by atoms with E-state index in [1.54, 1.807) is 0 Å². The summed E-state index contributed by atoms with van der Waals surface area (Å²) in [4.78, 5) is 2.38. The number of hydrogen-bond donors (Lipinski definition) is 0. The summed E-state index contributed by atoms with van der Waals surface area (Å²) in [6, 6.07) is 63.3. The number of anilines is 3. The second kappa shape index (κ2) is 10.7. The number of nitrogens with zero attached hydrogens (tertiary/aromatic N) is 1. The third-order valence-electron chi connectivity index (χ3n) is 11.3. The molecule has 0 fully saturated rings. The zero-order valence-corrected chi connectivity index (χ0v) is 29.2. The van der Waals surface area contributed by atoms with Crippen molar-refractivity contribution in [3.8, 4) is 22.6 Å². The molecule has 4 heteroatoms. The van der Waals surface area contributed by atoms with Crippen molar-refractivity contribution in [3.05, 3.63) is 198 Å². The van der Waals surface area contributed by atoms with Crippen molar-refractivity contribution >= 4 is 70.5 Å². The Balaban J connectivity index is 1.17. The van der Waals surface area contributed by atoms with E-state index in [-0.39, 0.29) is 0 Å². The van der Waals surface area contributed by atoms with Crippen molar-refractivity contribution in [2.24, 2.45) is 0 Å². The van der Waals surface area contributed by atoms with Crippen LogP contribution in [-0.4, -0.2) is 0 Å². The van der Waals surface area contributed by atoms with E-state index in [1.807, 2.05) is 17.4 Å². The van der Waals surface area contributed by atoms with Gasteiger partial charge < -0.3 is 14.1 Å². The Morgan fingerprint density at radius 1 is 0.453 bits per heavy atom. The normalized spacial score (nSPS) is 13.6. The number of benzene rings is 8. The molecular weight excluding hydrogens is 667 g/mol. The molecule has 0 saturated heterocycles. The Hall–Kier alpha value is -6.62. The quantitative estimate of drug-likeness (QED) is 0.184.